The van der Waals surface area contributed by atoms with Crippen LogP contribution in [0.5, 0.6) is 0 Å². The van der Waals surface area contributed by atoms with E-state index in [0.717, 1.165) is 4.90 Å². The van der Waals surface area contributed by atoms with Gasteiger partial charge in [-0.05, 0) is 24.6 Å². The van der Waals surface area contributed by atoms with Crippen LogP contribution < -0.4 is 10.6 Å². The highest BCUT2D eigenvalue weighted by Gasteiger charge is 2.25. The van der Waals surface area contributed by atoms with Gasteiger partial charge in [0, 0.05) is 17.1 Å². The van der Waals surface area contributed by atoms with E-state index in [9.17, 15) is 14.4 Å². The van der Waals surface area contributed by atoms with Gasteiger partial charge < -0.3 is 15.9 Å². The van der Waals surface area contributed by atoms with Gasteiger partial charge in [0.2, 0.25) is 5.91 Å². The molecule has 114 valence electrons. The van der Waals surface area contributed by atoms with Gasteiger partial charge in [-0.15, -0.1) is 0 Å². The SMILES string of the molecule is NC(CCC(=O)O)C(=O)N(CC(=O)O)c1cccc(Cl)c1. The quantitative estimate of drug-likeness (QED) is 0.689. The monoisotopic (exact) mass is 314 g/mol. The summed E-state index contributed by atoms with van der Waals surface area (Å²) in [6.45, 7) is -0.583. The second-order valence-electron chi connectivity index (χ2n) is 4.34. The number of anilines is 1. The van der Waals surface area contributed by atoms with Crippen molar-refractivity contribution in [2.75, 3.05) is 11.4 Å². The number of hydrogen-bond donors (Lipinski definition) is 3. The summed E-state index contributed by atoms with van der Waals surface area (Å²) in [5, 5.41) is 17.8. The predicted octanol–water partition coefficient (Wildman–Crippen LogP) is 0.950. The lowest BCUT2D eigenvalue weighted by Gasteiger charge is -2.24. The van der Waals surface area contributed by atoms with Gasteiger partial charge >= 0.3 is 11.9 Å². The number of rotatable bonds is 7. The van der Waals surface area contributed by atoms with Crippen LogP contribution >= 0.6 is 11.6 Å². The maximum atomic E-state index is 12.2. The molecule has 0 aliphatic rings. The Hall–Kier alpha value is -2.12. The van der Waals surface area contributed by atoms with Crippen molar-refractivity contribution in [3.8, 4) is 0 Å². The zero-order valence-electron chi connectivity index (χ0n) is 11.0. The molecule has 1 atom stereocenters. The number of nitrogens with zero attached hydrogens (tertiary/aromatic N) is 1. The number of nitrogens with two attached hydrogens (primary N) is 1. The van der Waals surface area contributed by atoms with E-state index in [1.807, 2.05) is 0 Å². The summed E-state index contributed by atoms with van der Waals surface area (Å²) in [7, 11) is 0. The molecular formula is C13H15ClN2O5. The van der Waals surface area contributed by atoms with E-state index in [1.165, 1.54) is 12.1 Å². The largest absolute Gasteiger partial charge is 0.481 e. The van der Waals surface area contributed by atoms with Crippen LogP contribution in [0.1, 0.15) is 12.8 Å². The number of hydrogen-bond acceptors (Lipinski definition) is 4. The number of aliphatic carboxylic acids is 2. The maximum absolute atomic E-state index is 12.2. The highest BCUT2D eigenvalue weighted by Crippen LogP contribution is 2.20. The van der Waals surface area contributed by atoms with Gasteiger partial charge in [0.05, 0.1) is 6.04 Å². The zero-order valence-corrected chi connectivity index (χ0v) is 11.8. The molecule has 0 aliphatic heterocycles. The normalized spacial score (nSPS) is 11.7. The molecule has 1 aromatic rings. The van der Waals surface area contributed by atoms with E-state index in [4.69, 9.17) is 27.5 Å². The van der Waals surface area contributed by atoms with Crippen molar-refractivity contribution in [2.45, 2.75) is 18.9 Å². The highest BCUT2D eigenvalue weighted by atomic mass is 35.5. The summed E-state index contributed by atoms with van der Waals surface area (Å²) in [5.41, 5.74) is 5.93. The van der Waals surface area contributed by atoms with Gasteiger partial charge in [-0.25, -0.2) is 0 Å². The molecule has 0 aliphatic carbocycles. The minimum absolute atomic E-state index is 0.0785. The Bertz CT molecular complexity index is 549. The Morgan fingerprint density at radius 1 is 1.24 bits per heavy atom. The first kappa shape index (κ1) is 16.9. The van der Waals surface area contributed by atoms with Gasteiger partial charge in [-0.1, -0.05) is 17.7 Å². The van der Waals surface area contributed by atoms with Crippen LogP contribution in [0.2, 0.25) is 5.02 Å². The van der Waals surface area contributed by atoms with Gasteiger partial charge in [0.25, 0.3) is 0 Å². The fourth-order valence-corrected chi connectivity index (χ4v) is 1.86. The third-order valence-corrected chi connectivity index (χ3v) is 2.90. The minimum Gasteiger partial charge on any atom is -0.481 e. The van der Waals surface area contributed by atoms with E-state index in [0.29, 0.717) is 10.7 Å². The highest BCUT2D eigenvalue weighted by molar-refractivity contribution is 6.31. The lowest BCUT2D eigenvalue weighted by Crippen LogP contribution is -2.46. The number of carbonyl (C=O) groups is 3. The van der Waals surface area contributed by atoms with Crippen LogP contribution in [0.25, 0.3) is 0 Å². The first-order valence-corrected chi connectivity index (χ1v) is 6.45. The first-order chi connectivity index (χ1) is 9.81. The molecule has 4 N–H and O–H groups in total. The molecule has 0 heterocycles. The number of benzene rings is 1. The smallest absolute Gasteiger partial charge is 0.323 e. The van der Waals surface area contributed by atoms with Crippen LogP contribution in [0.4, 0.5) is 5.69 Å². The summed E-state index contributed by atoms with van der Waals surface area (Å²) < 4.78 is 0. The predicted molar refractivity (Wildman–Crippen MR) is 76.3 cm³/mol. The molecule has 0 spiro atoms. The van der Waals surface area contributed by atoms with Crippen molar-refractivity contribution >= 4 is 35.1 Å². The van der Waals surface area contributed by atoms with Crippen LogP contribution in [0.15, 0.2) is 24.3 Å². The van der Waals surface area contributed by atoms with E-state index < -0.39 is 30.4 Å². The summed E-state index contributed by atoms with van der Waals surface area (Å²) >= 11 is 5.82. The topological polar surface area (TPSA) is 121 Å². The summed E-state index contributed by atoms with van der Waals surface area (Å²) in [5.74, 6) is -2.96. The van der Waals surface area contributed by atoms with Crippen LogP contribution in [0.3, 0.4) is 0 Å². The van der Waals surface area contributed by atoms with Crippen molar-refractivity contribution in [2.24, 2.45) is 5.73 Å². The van der Waals surface area contributed by atoms with Gasteiger partial charge in [0.15, 0.2) is 0 Å². The molecule has 7 nitrogen and oxygen atoms in total. The molecule has 0 radical (unpaired) electrons. The molecule has 1 amide bonds. The Morgan fingerprint density at radius 2 is 1.90 bits per heavy atom. The Morgan fingerprint density at radius 3 is 2.43 bits per heavy atom. The molecular weight excluding hydrogens is 300 g/mol. The van der Waals surface area contributed by atoms with E-state index in [2.05, 4.69) is 0 Å². The average molecular weight is 315 g/mol. The molecule has 0 aromatic heterocycles. The number of carboxylic acids is 2. The second kappa shape index (κ2) is 7.61. The van der Waals surface area contributed by atoms with Gasteiger partial charge in [-0.3, -0.25) is 19.3 Å². The summed E-state index contributed by atoms with van der Waals surface area (Å²) in [6.07, 6.45) is -0.353. The van der Waals surface area contributed by atoms with E-state index in [1.54, 1.807) is 12.1 Å². The average Bonchev–Trinajstić information content (AvgIpc) is 2.41. The zero-order chi connectivity index (χ0) is 16.0. The van der Waals surface area contributed by atoms with Crippen LogP contribution in [-0.2, 0) is 14.4 Å². The number of carboxylic acid groups (broad SMARTS) is 2. The molecule has 0 saturated heterocycles. The molecule has 8 heteroatoms. The Kier molecular flexibility index (Phi) is 6.13. The van der Waals surface area contributed by atoms with Gasteiger partial charge in [-0.2, -0.15) is 0 Å². The second-order valence-corrected chi connectivity index (χ2v) is 4.77. The standard InChI is InChI=1S/C13H15ClN2O5/c14-8-2-1-3-9(6-8)16(7-12(19)20)13(21)10(15)4-5-11(17)18/h1-3,6,10H,4-5,7,15H2,(H,17,18)(H,19,20). The third-order valence-electron chi connectivity index (χ3n) is 2.67. The first-order valence-electron chi connectivity index (χ1n) is 6.07. The van der Waals surface area contributed by atoms with Crippen molar-refractivity contribution < 1.29 is 24.6 Å². The van der Waals surface area contributed by atoms with Crippen molar-refractivity contribution in [3.63, 3.8) is 0 Å². The molecule has 0 saturated carbocycles. The third kappa shape index (κ3) is 5.41. The molecule has 0 fully saturated rings. The molecule has 1 unspecified atom stereocenters. The molecule has 1 rings (SSSR count). The lowest BCUT2D eigenvalue weighted by atomic mass is 10.1. The van der Waals surface area contributed by atoms with E-state index >= 15 is 0 Å². The van der Waals surface area contributed by atoms with Crippen molar-refractivity contribution in [3.05, 3.63) is 29.3 Å². The van der Waals surface area contributed by atoms with Crippen molar-refractivity contribution in [1.29, 1.82) is 0 Å². The summed E-state index contributed by atoms with van der Waals surface area (Å²) in [4.78, 5) is 34.6. The fraction of sp³-hybridized carbons (Fsp3) is 0.308. The Labute approximate surface area is 125 Å². The van der Waals surface area contributed by atoms with Crippen LogP contribution in [0, 0.1) is 0 Å². The van der Waals surface area contributed by atoms with Crippen LogP contribution in [-0.4, -0.2) is 40.6 Å². The van der Waals surface area contributed by atoms with Crippen molar-refractivity contribution in [1.82, 2.24) is 0 Å². The van der Waals surface area contributed by atoms with E-state index in [-0.39, 0.29) is 12.8 Å². The summed E-state index contributed by atoms with van der Waals surface area (Å²) in [6, 6.07) is 5.02. The molecule has 1 aromatic carbocycles. The lowest BCUT2D eigenvalue weighted by molar-refractivity contribution is -0.138. The molecule has 0 bridgehead atoms. The number of carbonyl (C=O) groups excluding carboxylic acids is 1. The number of halogens is 1. The molecule has 21 heavy (non-hydrogen) atoms. The minimum atomic E-state index is -1.21. The Balaban J connectivity index is 2.94. The maximum Gasteiger partial charge on any atom is 0.323 e. The van der Waals surface area contributed by atoms with Gasteiger partial charge in [0.1, 0.15) is 6.54 Å². The number of amides is 1. The fourth-order valence-electron chi connectivity index (χ4n) is 1.68.